The Morgan fingerprint density at radius 2 is 1.93 bits per heavy atom. The van der Waals surface area contributed by atoms with Gasteiger partial charge in [0.2, 0.25) is 0 Å². The van der Waals surface area contributed by atoms with Crippen LogP contribution in [0.15, 0.2) is 49.1 Å². The number of H-pyrrole nitrogens is 1. The summed E-state index contributed by atoms with van der Waals surface area (Å²) < 4.78 is 7.34. The first-order valence-corrected chi connectivity index (χ1v) is 8.32. The summed E-state index contributed by atoms with van der Waals surface area (Å²) in [6.07, 6.45) is 0. The van der Waals surface area contributed by atoms with Crippen molar-refractivity contribution in [2.75, 3.05) is 0 Å². The van der Waals surface area contributed by atoms with Gasteiger partial charge >= 0.3 is 11.3 Å². The molecule has 0 saturated heterocycles. The maximum Gasteiger partial charge on any atom is 0.349 e. The minimum absolute atomic E-state index is 0.0723. The molecule has 10 heteroatoms. The Hall–Kier alpha value is -3.95. The van der Waals surface area contributed by atoms with Crippen LogP contribution in [0.3, 0.4) is 0 Å². The second-order valence-electron chi connectivity index (χ2n) is 6.26. The fourth-order valence-corrected chi connectivity index (χ4v) is 2.94. The normalized spacial score (nSPS) is 11.2. The van der Waals surface area contributed by atoms with E-state index < -0.39 is 22.8 Å². The van der Waals surface area contributed by atoms with Gasteiger partial charge in [-0.3, -0.25) is 18.7 Å². The molecule has 142 valence electrons. The molecule has 10 nitrogen and oxygen atoms in total. The van der Waals surface area contributed by atoms with Crippen LogP contribution in [-0.4, -0.2) is 25.0 Å². The van der Waals surface area contributed by atoms with Gasteiger partial charge in [0.1, 0.15) is 22.5 Å². The average Bonchev–Trinajstić information content (AvgIpc) is 3.13. The Morgan fingerprint density at radius 3 is 2.71 bits per heavy atom. The molecule has 2 N–H and O–H groups in total. The molecule has 0 spiro atoms. The summed E-state index contributed by atoms with van der Waals surface area (Å²) in [6.45, 7) is -0.0723. The fraction of sp³-hybridized carbons (Fsp3) is 0.167. The minimum Gasteiger partial charge on any atom is -0.422 e. The van der Waals surface area contributed by atoms with E-state index in [0.717, 1.165) is 4.57 Å². The number of hydrogen-bond donors (Lipinski definition) is 2. The zero-order valence-corrected chi connectivity index (χ0v) is 15.0. The summed E-state index contributed by atoms with van der Waals surface area (Å²) >= 11 is 0. The summed E-state index contributed by atoms with van der Waals surface area (Å²) in [5.74, 6) is -0.367. The zero-order chi connectivity index (χ0) is 20.0. The lowest BCUT2D eigenvalue weighted by Gasteiger charge is -2.03. The standard InChI is InChI=1S/C18H15N5O5/c1-22-14-13(16(25)23(2)18(22)27)20-12(21-14)8-19-15(24)10-7-9-5-3-4-6-11(9)28-17(10)26/h3-7H,8H2,1-2H3,(H,19,24)(H,20,21). The van der Waals surface area contributed by atoms with Crippen molar-refractivity contribution < 1.29 is 9.21 Å². The number of carbonyl (C=O) groups excluding carboxylic acids is 1. The predicted molar refractivity (Wildman–Crippen MR) is 100 cm³/mol. The van der Waals surface area contributed by atoms with Crippen LogP contribution in [0.2, 0.25) is 0 Å². The van der Waals surface area contributed by atoms with Crippen LogP contribution in [0, 0.1) is 0 Å². The van der Waals surface area contributed by atoms with Gasteiger partial charge in [0.15, 0.2) is 5.65 Å². The van der Waals surface area contributed by atoms with Gasteiger partial charge in [-0.2, -0.15) is 0 Å². The van der Waals surface area contributed by atoms with Gasteiger partial charge in [-0.15, -0.1) is 0 Å². The molecule has 4 aromatic rings. The van der Waals surface area contributed by atoms with Crippen LogP contribution < -0.4 is 22.2 Å². The Kier molecular flexibility index (Phi) is 3.95. The van der Waals surface area contributed by atoms with Crippen LogP contribution in [0.25, 0.3) is 22.1 Å². The molecule has 0 fully saturated rings. The molecule has 0 aliphatic heterocycles. The molecule has 1 amide bonds. The summed E-state index contributed by atoms with van der Waals surface area (Å²) in [5.41, 5.74) is -1.19. The van der Waals surface area contributed by atoms with E-state index in [1.165, 1.54) is 24.7 Å². The lowest BCUT2D eigenvalue weighted by molar-refractivity contribution is 0.0946. The quantitative estimate of drug-likeness (QED) is 0.480. The molecule has 0 radical (unpaired) electrons. The first-order valence-electron chi connectivity index (χ1n) is 8.32. The molecular weight excluding hydrogens is 366 g/mol. The summed E-state index contributed by atoms with van der Waals surface area (Å²) in [5, 5.41) is 3.18. The summed E-state index contributed by atoms with van der Waals surface area (Å²) in [6, 6.07) is 8.31. The van der Waals surface area contributed by atoms with E-state index in [1.807, 2.05) is 0 Å². The van der Waals surface area contributed by atoms with Crippen LogP contribution in [0.4, 0.5) is 0 Å². The monoisotopic (exact) mass is 381 g/mol. The molecule has 0 atom stereocenters. The highest BCUT2D eigenvalue weighted by Crippen LogP contribution is 2.12. The third-order valence-corrected chi connectivity index (χ3v) is 4.45. The average molecular weight is 381 g/mol. The Morgan fingerprint density at radius 1 is 1.18 bits per heavy atom. The second-order valence-corrected chi connectivity index (χ2v) is 6.26. The van der Waals surface area contributed by atoms with E-state index >= 15 is 0 Å². The molecule has 0 saturated carbocycles. The number of para-hydroxylation sites is 1. The van der Waals surface area contributed by atoms with Crippen molar-refractivity contribution in [3.8, 4) is 0 Å². The van der Waals surface area contributed by atoms with Gasteiger partial charge in [0.25, 0.3) is 11.5 Å². The number of carbonyl (C=O) groups is 1. The fourth-order valence-electron chi connectivity index (χ4n) is 2.94. The largest absolute Gasteiger partial charge is 0.422 e. The number of hydrogen-bond acceptors (Lipinski definition) is 6. The molecule has 0 aliphatic carbocycles. The van der Waals surface area contributed by atoms with E-state index in [-0.39, 0.29) is 29.1 Å². The van der Waals surface area contributed by atoms with Crippen molar-refractivity contribution in [1.82, 2.24) is 24.4 Å². The molecule has 0 bridgehead atoms. The molecular formula is C18H15N5O5. The van der Waals surface area contributed by atoms with E-state index in [4.69, 9.17) is 4.42 Å². The minimum atomic E-state index is -0.753. The molecule has 3 aromatic heterocycles. The van der Waals surface area contributed by atoms with E-state index in [9.17, 15) is 19.2 Å². The van der Waals surface area contributed by atoms with Gasteiger partial charge in [-0.1, -0.05) is 18.2 Å². The number of aryl methyl sites for hydroxylation is 1. The highest BCUT2D eigenvalue weighted by Gasteiger charge is 2.16. The third-order valence-electron chi connectivity index (χ3n) is 4.45. The smallest absolute Gasteiger partial charge is 0.349 e. The molecule has 4 rings (SSSR count). The van der Waals surface area contributed by atoms with E-state index in [1.54, 1.807) is 24.3 Å². The lowest BCUT2D eigenvalue weighted by Crippen LogP contribution is -2.36. The SMILES string of the molecule is Cn1c(=O)c2[nH]c(CNC(=O)c3cc4ccccc4oc3=O)nc2n(C)c1=O. The van der Waals surface area contributed by atoms with Crippen molar-refractivity contribution in [3.63, 3.8) is 0 Å². The highest BCUT2D eigenvalue weighted by molar-refractivity contribution is 5.96. The molecule has 1 aromatic carbocycles. The Bertz CT molecular complexity index is 1420. The van der Waals surface area contributed by atoms with Crippen molar-refractivity contribution in [1.29, 1.82) is 0 Å². The molecule has 28 heavy (non-hydrogen) atoms. The number of nitrogens with zero attached hydrogens (tertiary/aromatic N) is 3. The van der Waals surface area contributed by atoms with Crippen molar-refractivity contribution in [3.05, 3.63) is 73.0 Å². The summed E-state index contributed by atoms with van der Waals surface area (Å²) in [4.78, 5) is 55.6. The van der Waals surface area contributed by atoms with Crippen LogP contribution in [-0.2, 0) is 20.6 Å². The van der Waals surface area contributed by atoms with E-state index in [0.29, 0.717) is 11.0 Å². The highest BCUT2D eigenvalue weighted by atomic mass is 16.4. The first-order chi connectivity index (χ1) is 13.4. The molecule has 0 unspecified atom stereocenters. The second kappa shape index (κ2) is 6.34. The lowest BCUT2D eigenvalue weighted by atomic mass is 10.2. The number of imidazole rings is 1. The Balaban J connectivity index is 1.64. The van der Waals surface area contributed by atoms with Crippen LogP contribution >= 0.6 is 0 Å². The Labute approximate surface area is 156 Å². The number of rotatable bonds is 3. The van der Waals surface area contributed by atoms with Gasteiger partial charge < -0.3 is 14.7 Å². The van der Waals surface area contributed by atoms with Crippen molar-refractivity contribution in [2.24, 2.45) is 14.1 Å². The van der Waals surface area contributed by atoms with Gasteiger partial charge in [0, 0.05) is 19.5 Å². The molecule has 0 aliphatic rings. The van der Waals surface area contributed by atoms with Crippen molar-refractivity contribution in [2.45, 2.75) is 6.54 Å². The number of aromatic nitrogens is 4. The predicted octanol–water partition coefficient (Wildman–Crippen LogP) is -0.00330. The van der Waals surface area contributed by atoms with Gasteiger partial charge in [-0.05, 0) is 12.1 Å². The zero-order valence-electron chi connectivity index (χ0n) is 15.0. The third kappa shape index (κ3) is 2.71. The van der Waals surface area contributed by atoms with Crippen LogP contribution in [0.1, 0.15) is 16.2 Å². The number of aromatic amines is 1. The number of benzene rings is 1. The summed E-state index contributed by atoms with van der Waals surface area (Å²) in [7, 11) is 2.86. The topological polar surface area (TPSA) is 132 Å². The number of fused-ring (bicyclic) bond motifs is 2. The maximum atomic E-state index is 12.4. The van der Waals surface area contributed by atoms with E-state index in [2.05, 4.69) is 15.3 Å². The van der Waals surface area contributed by atoms with Gasteiger partial charge in [-0.25, -0.2) is 14.6 Å². The maximum absolute atomic E-state index is 12.4. The van der Waals surface area contributed by atoms with Crippen LogP contribution in [0.5, 0.6) is 0 Å². The number of nitrogens with one attached hydrogen (secondary N) is 2. The van der Waals surface area contributed by atoms with Crippen molar-refractivity contribution >= 4 is 28.0 Å². The van der Waals surface area contributed by atoms with Gasteiger partial charge in [0.05, 0.1) is 6.54 Å². The number of amides is 1. The first kappa shape index (κ1) is 17.5. The molecule has 3 heterocycles.